The highest BCUT2D eigenvalue weighted by Gasteiger charge is 2.33. The van der Waals surface area contributed by atoms with Crippen LogP contribution in [-0.4, -0.2) is 33.7 Å². The van der Waals surface area contributed by atoms with Gasteiger partial charge >= 0.3 is 0 Å². The minimum atomic E-state index is -3.46. The quantitative estimate of drug-likeness (QED) is 0.838. The first kappa shape index (κ1) is 15.9. The molecular weight excluding hydrogens is 296 g/mol. The van der Waals surface area contributed by atoms with Gasteiger partial charge in [-0.15, -0.1) is 11.3 Å². The molecule has 0 bridgehead atoms. The standard InChI is InChI=1S/C13H22N2O3S2/c1-3-14-8-11-7-12(19-9-11)20(16,17)15-13(2)5-4-6-18-10-13/h7,9,14-15H,3-6,8,10H2,1-2H3. The zero-order valence-corrected chi connectivity index (χ0v) is 13.6. The van der Waals surface area contributed by atoms with Crippen molar-refractivity contribution in [3.8, 4) is 0 Å². The molecule has 2 rings (SSSR count). The highest BCUT2D eigenvalue weighted by atomic mass is 32.2. The Hall–Kier alpha value is -0.470. The van der Waals surface area contributed by atoms with Gasteiger partial charge in [-0.05, 0) is 43.3 Å². The Morgan fingerprint density at radius 2 is 2.30 bits per heavy atom. The van der Waals surface area contributed by atoms with Gasteiger partial charge in [0.15, 0.2) is 0 Å². The van der Waals surface area contributed by atoms with E-state index in [-0.39, 0.29) is 0 Å². The molecule has 0 aromatic carbocycles. The van der Waals surface area contributed by atoms with Gasteiger partial charge in [-0.25, -0.2) is 13.1 Å². The predicted molar refractivity (Wildman–Crippen MR) is 80.5 cm³/mol. The van der Waals surface area contributed by atoms with E-state index >= 15 is 0 Å². The van der Waals surface area contributed by atoms with Crippen molar-refractivity contribution in [2.24, 2.45) is 0 Å². The van der Waals surface area contributed by atoms with Gasteiger partial charge in [0, 0.05) is 13.2 Å². The maximum Gasteiger partial charge on any atom is 0.250 e. The van der Waals surface area contributed by atoms with E-state index in [1.54, 1.807) is 6.07 Å². The van der Waals surface area contributed by atoms with E-state index in [9.17, 15) is 8.42 Å². The zero-order chi connectivity index (χ0) is 14.6. The monoisotopic (exact) mass is 318 g/mol. The van der Waals surface area contributed by atoms with Gasteiger partial charge in [0.1, 0.15) is 4.21 Å². The lowest BCUT2D eigenvalue weighted by Crippen LogP contribution is -2.51. The number of nitrogens with one attached hydrogen (secondary N) is 2. The Morgan fingerprint density at radius 3 is 2.95 bits per heavy atom. The molecule has 2 N–H and O–H groups in total. The van der Waals surface area contributed by atoms with E-state index in [0.29, 0.717) is 24.0 Å². The minimum absolute atomic E-state index is 0.372. The van der Waals surface area contributed by atoms with Gasteiger partial charge < -0.3 is 10.1 Å². The van der Waals surface area contributed by atoms with Crippen LogP contribution in [0.4, 0.5) is 0 Å². The number of thiophene rings is 1. The van der Waals surface area contributed by atoms with Crippen molar-refractivity contribution in [3.63, 3.8) is 0 Å². The molecule has 1 aliphatic heterocycles. The average molecular weight is 318 g/mol. The lowest BCUT2D eigenvalue weighted by Gasteiger charge is -2.33. The molecule has 1 unspecified atom stereocenters. The summed E-state index contributed by atoms with van der Waals surface area (Å²) in [7, 11) is -3.46. The Balaban J connectivity index is 2.07. The van der Waals surface area contributed by atoms with E-state index in [0.717, 1.165) is 24.9 Å². The molecule has 1 saturated heterocycles. The van der Waals surface area contributed by atoms with Crippen molar-refractivity contribution in [1.82, 2.24) is 10.0 Å². The van der Waals surface area contributed by atoms with Crippen LogP contribution >= 0.6 is 11.3 Å². The summed E-state index contributed by atoms with van der Waals surface area (Å²) in [6.07, 6.45) is 1.69. The van der Waals surface area contributed by atoms with Crippen molar-refractivity contribution >= 4 is 21.4 Å². The Labute approximate surface area is 124 Å². The number of hydrogen-bond acceptors (Lipinski definition) is 5. The van der Waals surface area contributed by atoms with E-state index in [1.165, 1.54) is 11.3 Å². The van der Waals surface area contributed by atoms with Crippen molar-refractivity contribution < 1.29 is 13.2 Å². The summed E-state index contributed by atoms with van der Waals surface area (Å²) in [5, 5.41) is 5.08. The molecule has 0 saturated carbocycles. The molecule has 0 aliphatic carbocycles. The highest BCUT2D eigenvalue weighted by Crippen LogP contribution is 2.25. The smallest absolute Gasteiger partial charge is 0.250 e. The second-order valence-electron chi connectivity index (χ2n) is 5.38. The topological polar surface area (TPSA) is 67.4 Å². The summed E-state index contributed by atoms with van der Waals surface area (Å²) < 4.78 is 33.4. The second-order valence-corrected chi connectivity index (χ2v) is 8.20. The minimum Gasteiger partial charge on any atom is -0.380 e. The molecule has 5 nitrogen and oxygen atoms in total. The van der Waals surface area contributed by atoms with E-state index in [2.05, 4.69) is 10.0 Å². The Bertz CT molecular complexity index is 534. The van der Waals surface area contributed by atoms with Gasteiger partial charge in [-0.1, -0.05) is 6.92 Å². The van der Waals surface area contributed by atoms with Crippen LogP contribution in [0, 0.1) is 0 Å². The van der Waals surface area contributed by atoms with E-state index in [1.807, 2.05) is 19.2 Å². The molecule has 114 valence electrons. The summed E-state index contributed by atoms with van der Waals surface area (Å²) in [6, 6.07) is 1.74. The van der Waals surface area contributed by atoms with Crippen LogP contribution in [0.3, 0.4) is 0 Å². The molecule has 0 radical (unpaired) electrons. The molecule has 0 spiro atoms. The third-order valence-electron chi connectivity index (χ3n) is 3.29. The van der Waals surface area contributed by atoms with Crippen molar-refractivity contribution in [2.75, 3.05) is 19.8 Å². The van der Waals surface area contributed by atoms with Crippen molar-refractivity contribution in [3.05, 3.63) is 17.0 Å². The highest BCUT2D eigenvalue weighted by molar-refractivity contribution is 7.91. The van der Waals surface area contributed by atoms with E-state index in [4.69, 9.17) is 4.74 Å². The van der Waals surface area contributed by atoms with Crippen molar-refractivity contribution in [1.29, 1.82) is 0 Å². The molecule has 0 amide bonds. The van der Waals surface area contributed by atoms with Crippen LogP contribution in [0.15, 0.2) is 15.7 Å². The van der Waals surface area contributed by atoms with Crippen LogP contribution in [-0.2, 0) is 21.3 Å². The summed E-state index contributed by atoms with van der Waals surface area (Å²) in [5.41, 5.74) is 0.505. The Morgan fingerprint density at radius 1 is 1.50 bits per heavy atom. The van der Waals surface area contributed by atoms with Crippen LogP contribution in [0.25, 0.3) is 0 Å². The van der Waals surface area contributed by atoms with Gasteiger partial charge in [0.2, 0.25) is 0 Å². The zero-order valence-electron chi connectivity index (χ0n) is 11.9. The molecule has 1 aromatic heterocycles. The SMILES string of the molecule is CCNCc1csc(S(=O)(=O)NC2(C)CCCOC2)c1. The third-order valence-corrected chi connectivity index (χ3v) is 6.42. The molecule has 1 aliphatic rings. The predicted octanol–water partition coefficient (Wildman–Crippen LogP) is 1.70. The molecule has 1 fully saturated rings. The fraction of sp³-hybridized carbons (Fsp3) is 0.692. The van der Waals surface area contributed by atoms with Gasteiger partial charge in [-0.2, -0.15) is 0 Å². The maximum atomic E-state index is 12.4. The molecular formula is C13H22N2O3S2. The first-order valence-corrected chi connectivity index (χ1v) is 9.21. The summed E-state index contributed by atoms with van der Waals surface area (Å²) in [4.78, 5) is 0. The average Bonchev–Trinajstić information content (AvgIpc) is 2.85. The second kappa shape index (κ2) is 6.53. The van der Waals surface area contributed by atoms with E-state index < -0.39 is 15.6 Å². The maximum absolute atomic E-state index is 12.4. The van der Waals surface area contributed by atoms with Crippen LogP contribution in [0.1, 0.15) is 32.3 Å². The third kappa shape index (κ3) is 4.02. The van der Waals surface area contributed by atoms with Gasteiger partial charge in [-0.3, -0.25) is 0 Å². The lowest BCUT2D eigenvalue weighted by molar-refractivity contribution is 0.0387. The van der Waals surface area contributed by atoms with Crippen LogP contribution in [0.2, 0.25) is 0 Å². The lowest BCUT2D eigenvalue weighted by atomic mass is 9.97. The summed E-state index contributed by atoms with van der Waals surface area (Å²) in [5.74, 6) is 0. The van der Waals surface area contributed by atoms with Crippen molar-refractivity contribution in [2.45, 2.75) is 43.0 Å². The fourth-order valence-electron chi connectivity index (χ4n) is 2.25. The number of rotatable bonds is 6. The van der Waals surface area contributed by atoms with Gasteiger partial charge in [0.05, 0.1) is 12.1 Å². The first-order valence-electron chi connectivity index (χ1n) is 6.85. The molecule has 1 aromatic rings. The summed E-state index contributed by atoms with van der Waals surface area (Å²) in [6.45, 7) is 6.63. The molecule has 2 heterocycles. The number of ether oxygens (including phenoxy) is 1. The van der Waals surface area contributed by atoms with Crippen LogP contribution in [0.5, 0.6) is 0 Å². The number of sulfonamides is 1. The van der Waals surface area contributed by atoms with Crippen LogP contribution < -0.4 is 10.0 Å². The fourth-order valence-corrected chi connectivity index (χ4v) is 4.88. The number of hydrogen-bond donors (Lipinski definition) is 2. The largest absolute Gasteiger partial charge is 0.380 e. The molecule has 7 heteroatoms. The Kier molecular flexibility index (Phi) is 5.19. The normalized spacial score (nSPS) is 23.9. The molecule has 1 atom stereocenters. The van der Waals surface area contributed by atoms with Gasteiger partial charge in [0.25, 0.3) is 10.0 Å². The summed E-state index contributed by atoms with van der Waals surface area (Å²) >= 11 is 1.26. The first-order chi connectivity index (χ1) is 9.45. The molecule has 20 heavy (non-hydrogen) atoms.